The van der Waals surface area contributed by atoms with Crippen molar-refractivity contribution in [2.75, 3.05) is 13.4 Å². The molecule has 0 radical (unpaired) electrons. The van der Waals surface area contributed by atoms with Crippen LogP contribution in [0.3, 0.4) is 0 Å². The highest BCUT2D eigenvalue weighted by Gasteiger charge is 2.60. The topological polar surface area (TPSA) is 21.6 Å². The summed E-state index contributed by atoms with van der Waals surface area (Å²) in [6.45, 7) is 0. The Bertz CT molecular complexity index is 584. The number of aliphatic imine (C=N–C) groups is 1. The van der Waals surface area contributed by atoms with Crippen LogP contribution in [0.1, 0.15) is 43.6 Å². The van der Waals surface area contributed by atoms with E-state index >= 15 is 0 Å². The van der Waals surface area contributed by atoms with Crippen molar-refractivity contribution in [1.29, 1.82) is 0 Å². The maximum atomic E-state index is 5.67. The number of methoxy groups -OCH3 is 1. The molecule has 3 heteroatoms. The van der Waals surface area contributed by atoms with Crippen LogP contribution < -0.4 is 4.74 Å². The molecule has 4 unspecified atom stereocenters. The largest absolute Gasteiger partial charge is 0.496 e. The van der Waals surface area contributed by atoms with E-state index in [0.29, 0.717) is 5.92 Å². The van der Waals surface area contributed by atoms with Crippen molar-refractivity contribution in [3.8, 4) is 5.75 Å². The second-order valence-electron chi connectivity index (χ2n) is 6.69. The SMILES string of the molecule is COc1ccccc1C1C2CCC(C2)C12CCC(SC)=N2. The smallest absolute Gasteiger partial charge is 0.122 e. The molecule has 0 amide bonds. The predicted molar refractivity (Wildman–Crippen MR) is 89.5 cm³/mol. The lowest BCUT2D eigenvalue weighted by Crippen LogP contribution is -2.38. The molecule has 3 aliphatic rings. The lowest BCUT2D eigenvalue weighted by Gasteiger charge is -2.39. The molecular formula is C18H23NOS. The van der Waals surface area contributed by atoms with E-state index in [1.165, 1.54) is 42.7 Å². The van der Waals surface area contributed by atoms with E-state index in [0.717, 1.165) is 17.6 Å². The van der Waals surface area contributed by atoms with Crippen molar-refractivity contribution in [1.82, 2.24) is 0 Å². The minimum atomic E-state index is 0.176. The van der Waals surface area contributed by atoms with Gasteiger partial charge in [-0.05, 0) is 61.8 Å². The summed E-state index contributed by atoms with van der Waals surface area (Å²) in [7, 11) is 1.80. The van der Waals surface area contributed by atoms with Crippen LogP contribution >= 0.6 is 11.8 Å². The molecule has 2 fully saturated rings. The number of para-hydroxylation sites is 1. The van der Waals surface area contributed by atoms with E-state index in [1.807, 2.05) is 11.8 Å². The Morgan fingerprint density at radius 2 is 2.14 bits per heavy atom. The molecule has 4 rings (SSSR count). The van der Waals surface area contributed by atoms with Crippen LogP contribution in [-0.4, -0.2) is 23.9 Å². The minimum absolute atomic E-state index is 0.176. The number of rotatable bonds is 2. The Hall–Kier alpha value is -0.960. The van der Waals surface area contributed by atoms with Gasteiger partial charge in [-0.2, -0.15) is 0 Å². The fourth-order valence-corrected chi connectivity index (χ4v) is 5.77. The Morgan fingerprint density at radius 1 is 1.29 bits per heavy atom. The molecule has 1 aliphatic heterocycles. The van der Waals surface area contributed by atoms with Crippen LogP contribution in [0, 0.1) is 11.8 Å². The molecule has 2 saturated carbocycles. The average Bonchev–Trinajstić information content (AvgIpc) is 3.22. The summed E-state index contributed by atoms with van der Waals surface area (Å²) in [5.74, 6) is 3.22. The number of hydrogen-bond donors (Lipinski definition) is 0. The van der Waals surface area contributed by atoms with Crippen molar-refractivity contribution in [2.24, 2.45) is 16.8 Å². The van der Waals surface area contributed by atoms with Gasteiger partial charge in [0.25, 0.3) is 0 Å². The van der Waals surface area contributed by atoms with Crippen molar-refractivity contribution < 1.29 is 4.74 Å². The van der Waals surface area contributed by atoms with Crippen LogP contribution in [0.15, 0.2) is 29.3 Å². The average molecular weight is 301 g/mol. The van der Waals surface area contributed by atoms with Gasteiger partial charge in [0.1, 0.15) is 5.75 Å². The molecule has 1 heterocycles. The molecule has 1 aromatic carbocycles. The fraction of sp³-hybridized carbons (Fsp3) is 0.611. The number of thioether (sulfide) groups is 1. The third-order valence-corrected chi connectivity index (χ3v) is 6.74. The third kappa shape index (κ3) is 1.89. The predicted octanol–water partition coefficient (Wildman–Crippen LogP) is 4.50. The number of nitrogens with zero attached hydrogens (tertiary/aromatic N) is 1. The van der Waals surface area contributed by atoms with Crippen LogP contribution in [0.4, 0.5) is 0 Å². The molecule has 2 bridgehead atoms. The van der Waals surface area contributed by atoms with Crippen LogP contribution in [0.5, 0.6) is 5.75 Å². The van der Waals surface area contributed by atoms with Crippen LogP contribution in [0.2, 0.25) is 0 Å². The van der Waals surface area contributed by atoms with E-state index in [1.54, 1.807) is 7.11 Å². The van der Waals surface area contributed by atoms with Gasteiger partial charge in [-0.1, -0.05) is 18.2 Å². The lowest BCUT2D eigenvalue weighted by molar-refractivity contribution is 0.230. The maximum absolute atomic E-state index is 5.67. The summed E-state index contributed by atoms with van der Waals surface area (Å²) >= 11 is 1.85. The quantitative estimate of drug-likeness (QED) is 0.802. The maximum Gasteiger partial charge on any atom is 0.122 e. The molecular weight excluding hydrogens is 278 g/mol. The Kier molecular flexibility index (Phi) is 3.29. The zero-order chi connectivity index (χ0) is 14.4. The highest BCUT2D eigenvalue weighted by atomic mass is 32.2. The zero-order valence-electron chi connectivity index (χ0n) is 12.8. The van der Waals surface area contributed by atoms with Gasteiger partial charge in [0.05, 0.1) is 17.7 Å². The molecule has 0 N–H and O–H groups in total. The third-order valence-electron chi connectivity index (χ3n) is 5.97. The monoisotopic (exact) mass is 301 g/mol. The van der Waals surface area contributed by atoms with E-state index in [9.17, 15) is 0 Å². The van der Waals surface area contributed by atoms with Gasteiger partial charge in [-0.15, -0.1) is 11.8 Å². The Balaban J connectivity index is 1.81. The second kappa shape index (κ2) is 5.05. The van der Waals surface area contributed by atoms with Gasteiger partial charge in [-0.25, -0.2) is 0 Å². The fourth-order valence-electron chi connectivity index (χ4n) is 5.20. The second-order valence-corrected chi connectivity index (χ2v) is 7.57. The van der Waals surface area contributed by atoms with E-state index in [-0.39, 0.29) is 5.54 Å². The highest BCUT2D eigenvalue weighted by molar-refractivity contribution is 8.13. The summed E-state index contributed by atoms with van der Waals surface area (Å²) in [6, 6.07) is 8.63. The molecule has 1 aromatic rings. The first kappa shape index (κ1) is 13.7. The molecule has 0 aromatic heterocycles. The molecule has 112 valence electrons. The summed E-state index contributed by atoms with van der Waals surface area (Å²) in [4.78, 5) is 5.28. The first-order valence-corrected chi connectivity index (χ1v) is 9.26. The Labute approximate surface area is 131 Å². The van der Waals surface area contributed by atoms with Crippen LogP contribution in [-0.2, 0) is 0 Å². The van der Waals surface area contributed by atoms with E-state index in [4.69, 9.17) is 9.73 Å². The highest BCUT2D eigenvalue weighted by Crippen LogP contribution is 2.64. The molecule has 2 nitrogen and oxygen atoms in total. The van der Waals surface area contributed by atoms with Crippen molar-refractivity contribution in [3.05, 3.63) is 29.8 Å². The summed E-state index contributed by atoms with van der Waals surface area (Å²) in [5.41, 5.74) is 1.58. The van der Waals surface area contributed by atoms with Gasteiger partial charge < -0.3 is 4.74 Å². The number of hydrogen-bond acceptors (Lipinski definition) is 3. The number of fused-ring (bicyclic) bond motifs is 3. The summed E-state index contributed by atoms with van der Waals surface area (Å²) in [6.07, 6.45) is 8.71. The van der Waals surface area contributed by atoms with Crippen LogP contribution in [0.25, 0.3) is 0 Å². The summed E-state index contributed by atoms with van der Waals surface area (Å²) in [5, 5.41) is 1.36. The van der Waals surface area contributed by atoms with Gasteiger partial charge in [0.15, 0.2) is 0 Å². The lowest BCUT2D eigenvalue weighted by atomic mass is 9.68. The first-order valence-electron chi connectivity index (χ1n) is 8.04. The number of ether oxygens (including phenoxy) is 1. The standard InChI is InChI=1S/C18H23NOS/c1-20-15-6-4-3-5-14(15)17-12-7-8-13(11-12)18(17)10-9-16(19-18)21-2/h3-6,12-13,17H,7-11H2,1-2H3. The molecule has 21 heavy (non-hydrogen) atoms. The van der Waals surface area contributed by atoms with Crippen molar-refractivity contribution >= 4 is 16.8 Å². The van der Waals surface area contributed by atoms with E-state index < -0.39 is 0 Å². The van der Waals surface area contributed by atoms with Crippen molar-refractivity contribution in [3.63, 3.8) is 0 Å². The molecule has 4 atom stereocenters. The molecule has 2 aliphatic carbocycles. The molecule has 0 saturated heterocycles. The Morgan fingerprint density at radius 3 is 2.90 bits per heavy atom. The normalized spacial score (nSPS) is 37.2. The zero-order valence-corrected chi connectivity index (χ0v) is 13.7. The van der Waals surface area contributed by atoms with Gasteiger partial charge in [0.2, 0.25) is 0 Å². The summed E-state index contributed by atoms with van der Waals surface area (Å²) < 4.78 is 5.67. The van der Waals surface area contributed by atoms with Crippen molar-refractivity contribution in [2.45, 2.75) is 43.6 Å². The number of benzene rings is 1. The first-order chi connectivity index (χ1) is 10.3. The van der Waals surface area contributed by atoms with Gasteiger partial charge in [-0.3, -0.25) is 4.99 Å². The minimum Gasteiger partial charge on any atom is -0.496 e. The van der Waals surface area contributed by atoms with E-state index in [2.05, 4.69) is 30.5 Å². The van der Waals surface area contributed by atoms with Gasteiger partial charge in [0, 0.05) is 5.92 Å². The molecule has 1 spiro atoms. The van der Waals surface area contributed by atoms with Gasteiger partial charge >= 0.3 is 0 Å².